The fourth-order valence-corrected chi connectivity index (χ4v) is 3.98. The van der Waals surface area contributed by atoms with Gasteiger partial charge in [-0.2, -0.15) is 0 Å². The first-order valence-corrected chi connectivity index (χ1v) is 10.1. The number of rotatable bonds is 8. The van der Waals surface area contributed by atoms with Crippen molar-refractivity contribution in [1.82, 2.24) is 10.2 Å². The molecule has 0 aliphatic heterocycles. The summed E-state index contributed by atoms with van der Waals surface area (Å²) in [5, 5.41) is 6.76. The number of carbonyl (C=O) groups is 2. The van der Waals surface area contributed by atoms with Crippen LogP contribution in [0, 0.1) is 0 Å². The van der Waals surface area contributed by atoms with Crippen LogP contribution in [0.15, 0.2) is 65.4 Å². The molecule has 0 saturated carbocycles. The molecule has 134 valence electrons. The number of benzene rings is 1. The highest BCUT2D eigenvalue weighted by molar-refractivity contribution is 7.10. The van der Waals surface area contributed by atoms with Gasteiger partial charge in [0.2, 0.25) is 11.8 Å². The first-order chi connectivity index (χ1) is 12.7. The summed E-state index contributed by atoms with van der Waals surface area (Å²) in [5.74, 6) is -0.218. The molecule has 0 bridgehead atoms. The second-order valence-electron chi connectivity index (χ2n) is 5.85. The van der Waals surface area contributed by atoms with E-state index in [1.807, 2.05) is 65.4 Å². The highest BCUT2D eigenvalue weighted by Gasteiger charge is 2.16. The lowest BCUT2D eigenvalue weighted by atomic mass is 10.1. The predicted molar refractivity (Wildman–Crippen MR) is 106 cm³/mol. The Kier molecular flexibility index (Phi) is 6.57. The van der Waals surface area contributed by atoms with Gasteiger partial charge in [0.25, 0.3) is 0 Å². The number of carbonyl (C=O) groups excluding carboxylic acids is 2. The molecule has 2 amide bonds. The molecular weight excluding hydrogens is 364 g/mol. The van der Waals surface area contributed by atoms with Gasteiger partial charge in [-0.3, -0.25) is 9.59 Å². The lowest BCUT2D eigenvalue weighted by Crippen LogP contribution is -2.39. The van der Waals surface area contributed by atoms with Gasteiger partial charge in [-0.15, -0.1) is 22.7 Å². The maximum absolute atomic E-state index is 12.7. The average Bonchev–Trinajstić information content (AvgIpc) is 3.34. The van der Waals surface area contributed by atoms with Crippen LogP contribution in [0.3, 0.4) is 0 Å². The molecule has 2 aromatic heterocycles. The monoisotopic (exact) mass is 384 g/mol. The summed E-state index contributed by atoms with van der Waals surface area (Å²) in [7, 11) is 0. The van der Waals surface area contributed by atoms with E-state index in [9.17, 15) is 9.59 Å². The van der Waals surface area contributed by atoms with Crippen LogP contribution in [0.25, 0.3) is 0 Å². The fraction of sp³-hybridized carbons (Fsp3) is 0.200. The average molecular weight is 385 g/mol. The van der Waals surface area contributed by atoms with Crippen LogP contribution in [0.4, 0.5) is 0 Å². The molecule has 6 heteroatoms. The smallest absolute Gasteiger partial charge is 0.242 e. The third kappa shape index (κ3) is 5.54. The Balaban J connectivity index is 1.56. The van der Waals surface area contributed by atoms with Gasteiger partial charge in [0, 0.05) is 9.75 Å². The summed E-state index contributed by atoms with van der Waals surface area (Å²) in [6.07, 6.45) is 0.282. The molecule has 0 aliphatic rings. The third-order valence-corrected chi connectivity index (χ3v) is 5.57. The van der Waals surface area contributed by atoms with Crippen molar-refractivity contribution in [3.05, 3.63) is 80.7 Å². The van der Waals surface area contributed by atoms with Gasteiger partial charge >= 0.3 is 0 Å². The van der Waals surface area contributed by atoms with Crippen LogP contribution in [0.2, 0.25) is 0 Å². The Morgan fingerprint density at radius 2 is 1.46 bits per heavy atom. The summed E-state index contributed by atoms with van der Waals surface area (Å²) >= 11 is 3.26. The van der Waals surface area contributed by atoms with E-state index >= 15 is 0 Å². The highest BCUT2D eigenvalue weighted by atomic mass is 32.1. The van der Waals surface area contributed by atoms with Crippen molar-refractivity contribution in [1.29, 1.82) is 0 Å². The minimum Gasteiger partial charge on any atom is -0.347 e. The standard InChI is InChI=1S/C20H20N2O2S2/c23-19(12-16-6-2-1-3-7-16)21-13-20(24)22(14-17-8-4-10-25-17)15-18-9-5-11-26-18/h1-11H,12-15H2,(H,21,23). The van der Waals surface area contributed by atoms with Crippen LogP contribution >= 0.6 is 22.7 Å². The quantitative estimate of drug-likeness (QED) is 0.644. The molecule has 0 unspecified atom stereocenters. The molecule has 0 atom stereocenters. The minimum absolute atomic E-state index is 0.0163. The fourth-order valence-electron chi connectivity index (χ4n) is 2.54. The molecule has 1 N–H and O–H groups in total. The Morgan fingerprint density at radius 3 is 2.00 bits per heavy atom. The molecule has 0 saturated heterocycles. The summed E-state index contributed by atoms with van der Waals surface area (Å²) in [6, 6.07) is 17.5. The van der Waals surface area contributed by atoms with Crippen molar-refractivity contribution in [2.24, 2.45) is 0 Å². The number of hydrogen-bond donors (Lipinski definition) is 1. The predicted octanol–water partition coefficient (Wildman–Crippen LogP) is 3.70. The molecule has 0 aliphatic carbocycles. The molecule has 26 heavy (non-hydrogen) atoms. The van der Waals surface area contributed by atoms with Crippen molar-refractivity contribution in [2.75, 3.05) is 6.54 Å². The Hall–Kier alpha value is -2.44. The summed E-state index contributed by atoms with van der Waals surface area (Å²) in [4.78, 5) is 28.8. The van der Waals surface area contributed by atoms with E-state index in [4.69, 9.17) is 0 Å². The maximum Gasteiger partial charge on any atom is 0.242 e. The van der Waals surface area contributed by atoms with E-state index in [2.05, 4.69) is 5.32 Å². The molecule has 0 fully saturated rings. The number of amides is 2. The zero-order valence-corrected chi connectivity index (χ0v) is 15.9. The molecule has 3 rings (SSSR count). The molecule has 2 heterocycles. The Bertz CT molecular complexity index is 779. The SMILES string of the molecule is O=C(Cc1ccccc1)NCC(=O)N(Cc1cccs1)Cc1cccs1. The van der Waals surface area contributed by atoms with Gasteiger partial charge in [0.15, 0.2) is 0 Å². The molecule has 4 nitrogen and oxygen atoms in total. The number of nitrogens with zero attached hydrogens (tertiary/aromatic N) is 1. The second-order valence-corrected chi connectivity index (χ2v) is 7.91. The van der Waals surface area contributed by atoms with Gasteiger partial charge < -0.3 is 10.2 Å². The molecule has 1 aromatic carbocycles. The van der Waals surface area contributed by atoms with Crippen molar-refractivity contribution in [3.63, 3.8) is 0 Å². The molecule has 0 radical (unpaired) electrons. The van der Waals surface area contributed by atoms with Gasteiger partial charge in [0.05, 0.1) is 26.1 Å². The maximum atomic E-state index is 12.7. The van der Waals surface area contributed by atoms with E-state index in [0.717, 1.165) is 15.3 Å². The molecular formula is C20H20N2O2S2. The van der Waals surface area contributed by atoms with Crippen molar-refractivity contribution in [2.45, 2.75) is 19.5 Å². The van der Waals surface area contributed by atoms with E-state index in [-0.39, 0.29) is 24.8 Å². The normalized spacial score (nSPS) is 10.5. The van der Waals surface area contributed by atoms with Crippen molar-refractivity contribution in [3.8, 4) is 0 Å². The van der Waals surface area contributed by atoms with E-state index < -0.39 is 0 Å². The minimum atomic E-state index is -0.142. The topological polar surface area (TPSA) is 49.4 Å². The van der Waals surface area contributed by atoms with Crippen molar-refractivity contribution >= 4 is 34.5 Å². The van der Waals surface area contributed by atoms with Gasteiger partial charge in [-0.1, -0.05) is 42.5 Å². The Labute approximate surface area is 161 Å². The summed E-state index contributed by atoms with van der Waals surface area (Å²) < 4.78 is 0. The zero-order chi connectivity index (χ0) is 18.2. The van der Waals surface area contributed by atoms with Crippen molar-refractivity contribution < 1.29 is 9.59 Å². The number of thiophene rings is 2. The van der Waals surface area contributed by atoms with Crippen LogP contribution in [0.1, 0.15) is 15.3 Å². The van der Waals surface area contributed by atoms with Gasteiger partial charge in [-0.25, -0.2) is 0 Å². The first-order valence-electron chi connectivity index (χ1n) is 8.34. The highest BCUT2D eigenvalue weighted by Crippen LogP contribution is 2.17. The number of hydrogen-bond acceptors (Lipinski definition) is 4. The summed E-state index contributed by atoms with van der Waals surface area (Å²) in [6.45, 7) is 1.13. The molecule has 3 aromatic rings. The lowest BCUT2D eigenvalue weighted by Gasteiger charge is -2.22. The largest absolute Gasteiger partial charge is 0.347 e. The zero-order valence-electron chi connectivity index (χ0n) is 14.3. The summed E-state index contributed by atoms with van der Waals surface area (Å²) in [5.41, 5.74) is 0.937. The van der Waals surface area contributed by atoms with Gasteiger partial charge in [-0.05, 0) is 28.5 Å². The first kappa shape index (κ1) is 18.4. The van der Waals surface area contributed by atoms with Gasteiger partial charge in [0.1, 0.15) is 0 Å². The molecule has 0 spiro atoms. The van der Waals surface area contributed by atoms with E-state index in [0.29, 0.717) is 13.1 Å². The van der Waals surface area contributed by atoms with Crippen LogP contribution in [0.5, 0.6) is 0 Å². The van der Waals surface area contributed by atoms with Crippen LogP contribution in [-0.4, -0.2) is 23.3 Å². The van der Waals surface area contributed by atoms with E-state index in [1.54, 1.807) is 27.6 Å². The second kappa shape index (κ2) is 9.31. The Morgan fingerprint density at radius 1 is 0.846 bits per heavy atom. The third-order valence-electron chi connectivity index (χ3n) is 3.85. The van der Waals surface area contributed by atoms with Crippen LogP contribution < -0.4 is 5.32 Å². The van der Waals surface area contributed by atoms with E-state index in [1.165, 1.54) is 0 Å². The lowest BCUT2D eigenvalue weighted by molar-refractivity contribution is -0.133. The van der Waals surface area contributed by atoms with Crippen LogP contribution in [-0.2, 0) is 29.1 Å². The number of nitrogens with one attached hydrogen (secondary N) is 1.